The van der Waals surface area contributed by atoms with E-state index in [4.69, 9.17) is 4.74 Å². The molecule has 2 amide bonds. The molecule has 0 aromatic heterocycles. The first-order valence-corrected chi connectivity index (χ1v) is 11.3. The number of nitrogens with zero attached hydrogens (tertiary/aromatic N) is 2. The Hall–Kier alpha value is -2.44. The SMILES string of the molecule is CC(c1ccccc1)N(CC1CC1)C(=O)NCC(c1ccc(F)cc1)N1CCOCC1. The zero-order valence-electron chi connectivity index (χ0n) is 18.2. The van der Waals surface area contributed by atoms with Crippen molar-refractivity contribution in [3.63, 3.8) is 0 Å². The van der Waals surface area contributed by atoms with Gasteiger partial charge in [-0.25, -0.2) is 9.18 Å². The maximum absolute atomic E-state index is 13.5. The number of carbonyl (C=O) groups is 1. The van der Waals surface area contributed by atoms with Gasteiger partial charge in [0.15, 0.2) is 0 Å². The average Bonchev–Trinajstić information content (AvgIpc) is 3.64. The normalized spacial score (nSPS) is 18.9. The van der Waals surface area contributed by atoms with E-state index in [1.807, 2.05) is 35.2 Å². The van der Waals surface area contributed by atoms with E-state index in [0.717, 1.165) is 30.8 Å². The second-order valence-corrected chi connectivity index (χ2v) is 8.58. The molecule has 2 atom stereocenters. The van der Waals surface area contributed by atoms with Crippen LogP contribution in [0.5, 0.6) is 0 Å². The Bertz CT molecular complexity index is 836. The summed E-state index contributed by atoms with van der Waals surface area (Å²) in [5.41, 5.74) is 2.15. The van der Waals surface area contributed by atoms with E-state index in [-0.39, 0.29) is 23.9 Å². The molecular formula is C25H32FN3O2. The summed E-state index contributed by atoms with van der Waals surface area (Å²) in [5, 5.41) is 3.19. The number of ether oxygens (including phenoxy) is 1. The summed E-state index contributed by atoms with van der Waals surface area (Å²) in [6, 6.07) is 16.7. The van der Waals surface area contributed by atoms with Crippen LogP contribution in [-0.4, -0.2) is 55.2 Å². The number of halogens is 1. The van der Waals surface area contributed by atoms with Crippen LogP contribution in [0.25, 0.3) is 0 Å². The van der Waals surface area contributed by atoms with E-state index in [1.165, 1.54) is 25.0 Å². The number of hydrogen-bond donors (Lipinski definition) is 1. The molecule has 2 aromatic rings. The van der Waals surface area contributed by atoms with Gasteiger partial charge in [0, 0.05) is 26.2 Å². The predicted molar refractivity (Wildman–Crippen MR) is 119 cm³/mol. The first kappa shape index (κ1) is 21.8. The predicted octanol–water partition coefficient (Wildman–Crippen LogP) is 4.38. The first-order valence-electron chi connectivity index (χ1n) is 11.3. The van der Waals surface area contributed by atoms with E-state index >= 15 is 0 Å². The highest BCUT2D eigenvalue weighted by Gasteiger charge is 2.31. The maximum atomic E-state index is 13.5. The summed E-state index contributed by atoms with van der Waals surface area (Å²) < 4.78 is 19.0. The van der Waals surface area contributed by atoms with Crippen molar-refractivity contribution in [1.29, 1.82) is 0 Å². The third kappa shape index (κ3) is 5.83. The van der Waals surface area contributed by atoms with E-state index in [1.54, 1.807) is 0 Å². The molecule has 1 heterocycles. The van der Waals surface area contributed by atoms with Gasteiger partial charge in [0.25, 0.3) is 0 Å². The Morgan fingerprint density at radius 2 is 1.77 bits per heavy atom. The second kappa shape index (κ2) is 10.2. The van der Waals surface area contributed by atoms with Crippen LogP contribution in [0.3, 0.4) is 0 Å². The lowest BCUT2D eigenvalue weighted by Gasteiger charge is -2.36. The monoisotopic (exact) mass is 425 g/mol. The third-order valence-electron chi connectivity index (χ3n) is 6.35. The van der Waals surface area contributed by atoms with Gasteiger partial charge in [-0.05, 0) is 48.9 Å². The van der Waals surface area contributed by atoms with Gasteiger partial charge in [0.1, 0.15) is 5.82 Å². The van der Waals surface area contributed by atoms with Crippen LogP contribution in [0.1, 0.15) is 43.0 Å². The van der Waals surface area contributed by atoms with Gasteiger partial charge in [-0.3, -0.25) is 4.90 Å². The van der Waals surface area contributed by atoms with E-state index in [0.29, 0.717) is 25.7 Å². The van der Waals surface area contributed by atoms with Gasteiger partial charge in [-0.2, -0.15) is 0 Å². The number of amides is 2. The van der Waals surface area contributed by atoms with Crippen molar-refractivity contribution in [3.05, 3.63) is 71.5 Å². The third-order valence-corrected chi connectivity index (χ3v) is 6.35. The van der Waals surface area contributed by atoms with Crippen LogP contribution in [0.4, 0.5) is 9.18 Å². The molecule has 31 heavy (non-hydrogen) atoms. The van der Waals surface area contributed by atoms with Crippen molar-refractivity contribution in [2.24, 2.45) is 5.92 Å². The Labute approximate surface area is 184 Å². The number of hydrogen-bond acceptors (Lipinski definition) is 3. The molecule has 0 spiro atoms. The Balaban J connectivity index is 1.47. The summed E-state index contributed by atoms with van der Waals surface area (Å²) >= 11 is 0. The lowest BCUT2D eigenvalue weighted by Crippen LogP contribution is -2.47. The summed E-state index contributed by atoms with van der Waals surface area (Å²) in [4.78, 5) is 17.6. The minimum absolute atomic E-state index is 0.00876. The van der Waals surface area contributed by atoms with Gasteiger partial charge in [0.05, 0.1) is 25.3 Å². The fourth-order valence-corrected chi connectivity index (χ4v) is 4.22. The number of urea groups is 1. The van der Waals surface area contributed by atoms with Crippen LogP contribution in [-0.2, 0) is 4.74 Å². The van der Waals surface area contributed by atoms with Crippen molar-refractivity contribution >= 4 is 6.03 Å². The van der Waals surface area contributed by atoms with Gasteiger partial charge in [-0.1, -0.05) is 42.5 Å². The lowest BCUT2D eigenvalue weighted by atomic mass is 10.0. The summed E-state index contributed by atoms with van der Waals surface area (Å²) in [5.74, 6) is 0.352. The Kier molecular flexibility index (Phi) is 7.20. The molecular weight excluding hydrogens is 393 g/mol. The highest BCUT2D eigenvalue weighted by atomic mass is 19.1. The fraction of sp³-hybridized carbons (Fsp3) is 0.480. The second-order valence-electron chi connectivity index (χ2n) is 8.58. The van der Waals surface area contributed by atoms with E-state index in [9.17, 15) is 9.18 Å². The standard InChI is InChI=1S/C25H32FN3O2/c1-19(21-5-3-2-4-6-21)29(18-20-7-8-20)25(30)27-17-24(28-13-15-31-16-14-28)22-9-11-23(26)12-10-22/h2-6,9-12,19-20,24H,7-8,13-18H2,1H3,(H,27,30). The molecule has 1 saturated heterocycles. The molecule has 1 N–H and O–H groups in total. The van der Waals surface area contributed by atoms with Gasteiger partial charge < -0.3 is 15.0 Å². The Morgan fingerprint density at radius 3 is 2.42 bits per heavy atom. The Morgan fingerprint density at radius 1 is 1.10 bits per heavy atom. The molecule has 0 bridgehead atoms. The maximum Gasteiger partial charge on any atom is 0.317 e. The smallest absolute Gasteiger partial charge is 0.317 e. The average molecular weight is 426 g/mol. The molecule has 1 aliphatic carbocycles. The minimum atomic E-state index is -0.249. The van der Waals surface area contributed by atoms with Crippen LogP contribution in [0.15, 0.2) is 54.6 Å². The van der Waals surface area contributed by atoms with Crippen LogP contribution < -0.4 is 5.32 Å². The molecule has 6 heteroatoms. The topological polar surface area (TPSA) is 44.8 Å². The molecule has 2 aromatic carbocycles. The molecule has 4 rings (SSSR count). The number of rotatable bonds is 8. The molecule has 1 saturated carbocycles. The van der Waals surface area contributed by atoms with Crippen molar-refractivity contribution in [2.75, 3.05) is 39.4 Å². The van der Waals surface area contributed by atoms with Gasteiger partial charge in [-0.15, -0.1) is 0 Å². The summed E-state index contributed by atoms with van der Waals surface area (Å²) in [7, 11) is 0. The van der Waals surface area contributed by atoms with Crippen molar-refractivity contribution in [3.8, 4) is 0 Å². The zero-order chi connectivity index (χ0) is 21.6. The molecule has 2 unspecified atom stereocenters. The quantitative estimate of drug-likeness (QED) is 0.683. The van der Waals surface area contributed by atoms with Crippen LogP contribution >= 0.6 is 0 Å². The number of morpholine rings is 1. The molecule has 0 radical (unpaired) electrons. The zero-order valence-corrected chi connectivity index (χ0v) is 18.2. The first-order chi connectivity index (χ1) is 15.1. The number of nitrogens with one attached hydrogen (secondary N) is 1. The minimum Gasteiger partial charge on any atom is -0.379 e. The molecule has 166 valence electrons. The molecule has 1 aliphatic heterocycles. The highest BCUT2D eigenvalue weighted by molar-refractivity contribution is 5.75. The fourth-order valence-electron chi connectivity index (χ4n) is 4.22. The summed E-state index contributed by atoms with van der Waals surface area (Å²) in [6.07, 6.45) is 2.38. The lowest BCUT2D eigenvalue weighted by molar-refractivity contribution is 0.0163. The van der Waals surface area contributed by atoms with Crippen LogP contribution in [0.2, 0.25) is 0 Å². The molecule has 2 aliphatic rings. The van der Waals surface area contributed by atoms with Crippen molar-refractivity contribution in [2.45, 2.75) is 31.8 Å². The van der Waals surface area contributed by atoms with Gasteiger partial charge >= 0.3 is 6.03 Å². The van der Waals surface area contributed by atoms with E-state index < -0.39 is 0 Å². The molecule has 2 fully saturated rings. The number of benzene rings is 2. The largest absolute Gasteiger partial charge is 0.379 e. The van der Waals surface area contributed by atoms with Crippen molar-refractivity contribution in [1.82, 2.24) is 15.1 Å². The van der Waals surface area contributed by atoms with E-state index in [2.05, 4.69) is 29.3 Å². The van der Waals surface area contributed by atoms with Crippen LogP contribution in [0, 0.1) is 11.7 Å². The van der Waals surface area contributed by atoms with Crippen molar-refractivity contribution < 1.29 is 13.9 Å². The highest BCUT2D eigenvalue weighted by Crippen LogP contribution is 2.33. The molecule has 5 nitrogen and oxygen atoms in total. The summed E-state index contributed by atoms with van der Waals surface area (Å²) in [6.45, 7) is 6.29. The number of carbonyl (C=O) groups excluding carboxylic acids is 1. The van der Waals surface area contributed by atoms with Gasteiger partial charge in [0.2, 0.25) is 0 Å².